The van der Waals surface area contributed by atoms with Gasteiger partial charge in [-0.2, -0.15) is 0 Å². The van der Waals surface area contributed by atoms with E-state index in [4.69, 9.17) is 34.2 Å². The molecule has 12 N–H and O–H groups in total. The third-order valence-corrected chi connectivity index (χ3v) is 7.20. The van der Waals surface area contributed by atoms with E-state index in [1.54, 1.807) is 0 Å². The molecule has 0 aliphatic carbocycles. The molecule has 0 spiro atoms. The molecule has 6 unspecified atom stereocenters. The first-order valence-corrected chi connectivity index (χ1v) is 13.3. The Balaban J connectivity index is 1.64. The summed E-state index contributed by atoms with van der Waals surface area (Å²) in [5.41, 5.74) is 5.45. The van der Waals surface area contributed by atoms with Crippen molar-refractivity contribution >= 4 is 0 Å². The molecule has 17 heteroatoms. The molecule has 0 aromatic rings. The van der Waals surface area contributed by atoms with Gasteiger partial charge in [-0.25, -0.2) is 0 Å². The Bertz CT molecular complexity index is 733. The number of aliphatic hydroxyl groups excluding tert-OH is 10. The van der Waals surface area contributed by atoms with E-state index in [9.17, 15) is 51.1 Å². The predicted molar refractivity (Wildman–Crippen MR) is 128 cm³/mol. The number of hydrogen-bond donors (Lipinski definition) is 11. The van der Waals surface area contributed by atoms with Gasteiger partial charge in [0.15, 0.2) is 18.9 Å². The molecule has 236 valence electrons. The third-order valence-electron chi connectivity index (χ3n) is 7.20. The third kappa shape index (κ3) is 7.63. The maximum Gasteiger partial charge on any atom is 0.187 e. The van der Waals surface area contributed by atoms with Crippen molar-refractivity contribution in [3.05, 3.63) is 0 Å². The predicted octanol–water partition coefficient (Wildman–Crippen LogP) is -6.42. The van der Waals surface area contributed by atoms with Gasteiger partial charge >= 0.3 is 0 Å². The minimum absolute atomic E-state index is 0.197. The number of rotatable bonds is 13. The maximum atomic E-state index is 10.8. The molecule has 3 rings (SSSR count). The second-order valence-corrected chi connectivity index (χ2v) is 10.0. The van der Waals surface area contributed by atoms with Crippen LogP contribution in [0.25, 0.3) is 0 Å². The Kier molecular flexibility index (Phi) is 13.3. The van der Waals surface area contributed by atoms with Gasteiger partial charge in [0.2, 0.25) is 0 Å². The van der Waals surface area contributed by atoms with Gasteiger partial charge in [-0.05, 0) is 25.8 Å². The lowest BCUT2D eigenvalue weighted by atomic mass is 9.96. The molecule has 3 saturated heterocycles. The highest BCUT2D eigenvalue weighted by Gasteiger charge is 2.53. The molecule has 17 nitrogen and oxygen atoms in total. The highest BCUT2D eigenvalue weighted by molar-refractivity contribution is 4.96. The van der Waals surface area contributed by atoms with Crippen molar-refractivity contribution in [3.63, 3.8) is 0 Å². The van der Waals surface area contributed by atoms with Crippen LogP contribution in [0.4, 0.5) is 0 Å². The van der Waals surface area contributed by atoms with Crippen LogP contribution in [0.1, 0.15) is 19.3 Å². The van der Waals surface area contributed by atoms with Crippen LogP contribution in [0.5, 0.6) is 0 Å². The van der Waals surface area contributed by atoms with Crippen LogP contribution in [0.3, 0.4) is 0 Å². The van der Waals surface area contributed by atoms with Crippen LogP contribution in [-0.2, 0) is 28.4 Å². The number of nitrogens with two attached hydrogens (primary N) is 1. The van der Waals surface area contributed by atoms with Crippen molar-refractivity contribution in [1.29, 1.82) is 0 Å². The van der Waals surface area contributed by atoms with E-state index >= 15 is 0 Å². The average Bonchev–Trinajstić information content (AvgIpc) is 2.95. The van der Waals surface area contributed by atoms with Gasteiger partial charge in [-0.3, -0.25) is 0 Å². The Morgan fingerprint density at radius 3 is 1.45 bits per heavy atom. The van der Waals surface area contributed by atoms with Crippen molar-refractivity contribution in [3.8, 4) is 0 Å². The van der Waals surface area contributed by atoms with Gasteiger partial charge in [0.05, 0.1) is 19.8 Å². The van der Waals surface area contributed by atoms with Gasteiger partial charge in [0.25, 0.3) is 0 Å². The zero-order valence-corrected chi connectivity index (χ0v) is 21.8. The fourth-order valence-electron chi connectivity index (χ4n) is 4.80. The normalized spacial score (nSPS) is 46.4. The molecule has 3 aliphatic rings. The SMILES string of the molecule is NCCCCCO[C@@H]1OC(CO)[C@@H](O[C@@H]2OC(CO)[C@H](O[C@H]3OC(CO)[C@H](O)[C@H](O)C3O)[C@H](O)C2O)[C@H](O)C1O. The largest absolute Gasteiger partial charge is 0.394 e. The molecule has 3 aliphatic heterocycles. The molecule has 0 bridgehead atoms. The fraction of sp³-hybridized carbons (Fsp3) is 1.00. The van der Waals surface area contributed by atoms with Gasteiger partial charge < -0.3 is 85.2 Å². The van der Waals surface area contributed by atoms with E-state index in [2.05, 4.69) is 0 Å². The van der Waals surface area contributed by atoms with Crippen molar-refractivity contribution in [1.82, 2.24) is 0 Å². The molecule has 3 heterocycles. The number of aliphatic hydroxyl groups is 10. The van der Waals surface area contributed by atoms with Gasteiger partial charge in [0.1, 0.15) is 73.2 Å². The molecular formula is C23H43NO16. The zero-order chi connectivity index (χ0) is 29.6. The molecule has 40 heavy (non-hydrogen) atoms. The summed E-state index contributed by atoms with van der Waals surface area (Å²) in [6, 6.07) is 0. The minimum atomic E-state index is -1.89. The highest BCUT2D eigenvalue weighted by atomic mass is 16.8. The summed E-state index contributed by atoms with van der Waals surface area (Å²) in [7, 11) is 0. The Hall–Kier alpha value is -0.680. The number of unbranched alkanes of at least 4 members (excludes halogenated alkanes) is 2. The molecule has 3 fully saturated rings. The van der Waals surface area contributed by atoms with E-state index in [1.807, 2.05) is 0 Å². The van der Waals surface area contributed by atoms with Crippen molar-refractivity contribution in [2.24, 2.45) is 5.73 Å². The van der Waals surface area contributed by atoms with Crippen molar-refractivity contribution in [2.75, 3.05) is 33.0 Å². The lowest BCUT2D eigenvalue weighted by molar-refractivity contribution is -0.379. The lowest BCUT2D eigenvalue weighted by Crippen LogP contribution is -2.66. The quantitative estimate of drug-likeness (QED) is 0.0890. The number of hydrogen-bond acceptors (Lipinski definition) is 17. The van der Waals surface area contributed by atoms with E-state index < -0.39 is 112 Å². The monoisotopic (exact) mass is 589 g/mol. The summed E-state index contributed by atoms with van der Waals surface area (Å²) in [5, 5.41) is 102. The Labute approximate surface area is 230 Å². The van der Waals surface area contributed by atoms with Gasteiger partial charge in [-0.15, -0.1) is 0 Å². The second-order valence-electron chi connectivity index (χ2n) is 10.0. The summed E-state index contributed by atoms with van der Waals surface area (Å²) in [6.45, 7) is -1.50. The molecule has 0 aromatic heterocycles. The summed E-state index contributed by atoms with van der Waals surface area (Å²) < 4.78 is 32.9. The van der Waals surface area contributed by atoms with Crippen LogP contribution >= 0.6 is 0 Å². The van der Waals surface area contributed by atoms with Crippen LogP contribution in [-0.4, -0.2) is 176 Å². The van der Waals surface area contributed by atoms with Crippen LogP contribution < -0.4 is 5.73 Å². The van der Waals surface area contributed by atoms with Crippen molar-refractivity contribution < 1.29 is 79.5 Å². The Morgan fingerprint density at radius 1 is 0.500 bits per heavy atom. The van der Waals surface area contributed by atoms with E-state index in [0.29, 0.717) is 13.0 Å². The lowest BCUT2D eigenvalue weighted by Gasteiger charge is -2.48. The van der Waals surface area contributed by atoms with Gasteiger partial charge in [-0.1, -0.05) is 0 Å². The van der Waals surface area contributed by atoms with Crippen molar-refractivity contribution in [2.45, 2.75) is 111 Å². The standard InChI is InChI=1S/C23H43NO16/c24-4-2-1-3-5-35-21-17(33)14(30)19(10(7-26)37-21)40-23-18(34)15(31)20(11(8-27)38-23)39-22-16(32)13(29)12(28)9(6-25)36-22/h9-23,25-34H,1-8,24H2/t9?,10?,11?,12-,13-,14+,15+,16?,17?,18?,19+,20-,21+,22+,23-/m0/s1. The summed E-state index contributed by atoms with van der Waals surface area (Å²) >= 11 is 0. The fourth-order valence-corrected chi connectivity index (χ4v) is 4.80. The smallest absolute Gasteiger partial charge is 0.187 e. The molecule has 0 saturated carbocycles. The molecule has 0 amide bonds. The first-order valence-electron chi connectivity index (χ1n) is 13.3. The minimum Gasteiger partial charge on any atom is -0.394 e. The molecule has 0 aromatic carbocycles. The van der Waals surface area contributed by atoms with Crippen LogP contribution in [0.2, 0.25) is 0 Å². The highest BCUT2D eigenvalue weighted by Crippen LogP contribution is 2.32. The van der Waals surface area contributed by atoms with E-state index in [-0.39, 0.29) is 6.61 Å². The second kappa shape index (κ2) is 15.7. The molecule has 15 atom stereocenters. The molecular weight excluding hydrogens is 546 g/mol. The maximum absolute atomic E-state index is 10.8. The molecule has 0 radical (unpaired) electrons. The summed E-state index contributed by atoms with van der Waals surface area (Å²) in [6.07, 6.45) is -21.8. The Morgan fingerprint density at radius 2 is 0.950 bits per heavy atom. The summed E-state index contributed by atoms with van der Waals surface area (Å²) in [5.74, 6) is 0. The average molecular weight is 590 g/mol. The van der Waals surface area contributed by atoms with Crippen LogP contribution in [0.15, 0.2) is 0 Å². The zero-order valence-electron chi connectivity index (χ0n) is 21.8. The summed E-state index contributed by atoms with van der Waals surface area (Å²) in [4.78, 5) is 0. The topological polar surface area (TPSA) is 284 Å². The number of ether oxygens (including phenoxy) is 6. The first kappa shape index (κ1) is 33.8. The first-order chi connectivity index (χ1) is 19.1. The van der Waals surface area contributed by atoms with Gasteiger partial charge in [0, 0.05) is 6.61 Å². The van der Waals surface area contributed by atoms with Crippen LogP contribution in [0, 0.1) is 0 Å². The van der Waals surface area contributed by atoms with E-state index in [1.165, 1.54) is 0 Å². The van der Waals surface area contributed by atoms with E-state index in [0.717, 1.165) is 12.8 Å².